The zero-order chi connectivity index (χ0) is 15.2. The summed E-state index contributed by atoms with van der Waals surface area (Å²) in [6.45, 7) is 1.97. The minimum Gasteiger partial charge on any atom is -0.464 e. The molecule has 0 fully saturated rings. The normalized spacial score (nSPS) is 11.8. The van der Waals surface area contributed by atoms with Gasteiger partial charge in [0.1, 0.15) is 0 Å². The maximum Gasteiger partial charge on any atom is 0.333 e. The van der Waals surface area contributed by atoms with Gasteiger partial charge in [-0.3, -0.25) is 0 Å². The van der Waals surface area contributed by atoms with E-state index in [0.29, 0.717) is 5.56 Å². The van der Waals surface area contributed by atoms with E-state index in [1.54, 1.807) is 37.3 Å². The van der Waals surface area contributed by atoms with Gasteiger partial charge in [-0.1, -0.05) is 48.0 Å². The molecule has 0 bridgehead atoms. The summed E-state index contributed by atoms with van der Waals surface area (Å²) >= 11 is 5.75. The second kappa shape index (κ2) is 7.09. The summed E-state index contributed by atoms with van der Waals surface area (Å²) in [5.41, 5.74) is 0.847. The molecule has 0 aliphatic heterocycles. The largest absolute Gasteiger partial charge is 0.464 e. The Labute approximate surface area is 127 Å². The predicted molar refractivity (Wildman–Crippen MR) is 80.8 cm³/mol. The minimum absolute atomic E-state index is 0.00401. The first-order valence-electron chi connectivity index (χ1n) is 6.55. The van der Waals surface area contributed by atoms with Crippen LogP contribution in [0.25, 0.3) is 0 Å². The molecule has 21 heavy (non-hydrogen) atoms. The number of ether oxygens (including phenoxy) is 1. The molecule has 0 saturated heterocycles. The number of anilines is 1. The van der Waals surface area contributed by atoms with Gasteiger partial charge >= 0.3 is 5.97 Å². The quantitative estimate of drug-likeness (QED) is 0.842. The molecular weight excluding hydrogens is 293 g/mol. The van der Waals surface area contributed by atoms with Crippen LogP contribution in [-0.2, 0) is 9.53 Å². The highest BCUT2D eigenvalue weighted by Crippen LogP contribution is 2.27. The van der Waals surface area contributed by atoms with Gasteiger partial charge in [-0.2, -0.15) is 0 Å². The number of halogens is 2. The Kier molecular flexibility index (Phi) is 5.17. The zero-order valence-electron chi connectivity index (χ0n) is 11.5. The van der Waals surface area contributed by atoms with Gasteiger partial charge in [-0.15, -0.1) is 0 Å². The van der Waals surface area contributed by atoms with Gasteiger partial charge in [-0.25, -0.2) is 9.18 Å². The zero-order valence-corrected chi connectivity index (χ0v) is 12.2. The van der Waals surface area contributed by atoms with Crippen molar-refractivity contribution in [3.05, 3.63) is 64.9 Å². The number of benzene rings is 2. The third-order valence-corrected chi connectivity index (χ3v) is 3.20. The molecule has 3 nitrogen and oxygen atoms in total. The monoisotopic (exact) mass is 307 g/mol. The molecule has 1 atom stereocenters. The van der Waals surface area contributed by atoms with Gasteiger partial charge in [-0.05, 0) is 24.6 Å². The van der Waals surface area contributed by atoms with Crippen molar-refractivity contribution in [3.8, 4) is 0 Å². The minimum atomic E-state index is -0.792. The first kappa shape index (κ1) is 15.3. The van der Waals surface area contributed by atoms with E-state index < -0.39 is 17.8 Å². The predicted octanol–water partition coefficient (Wildman–Crippen LogP) is 4.20. The molecule has 2 aromatic carbocycles. The topological polar surface area (TPSA) is 38.3 Å². The van der Waals surface area contributed by atoms with Gasteiger partial charge in [0.2, 0.25) is 0 Å². The smallest absolute Gasteiger partial charge is 0.333 e. The lowest BCUT2D eigenvalue weighted by atomic mass is 10.1. The van der Waals surface area contributed by atoms with Crippen LogP contribution in [0, 0.1) is 5.82 Å². The van der Waals surface area contributed by atoms with Crippen LogP contribution >= 0.6 is 11.6 Å². The van der Waals surface area contributed by atoms with Crippen LogP contribution in [0.15, 0.2) is 48.5 Å². The third kappa shape index (κ3) is 3.73. The molecule has 1 unspecified atom stereocenters. The second-order valence-electron chi connectivity index (χ2n) is 4.34. The van der Waals surface area contributed by atoms with Crippen molar-refractivity contribution in [1.29, 1.82) is 0 Å². The lowest BCUT2D eigenvalue weighted by Crippen LogP contribution is -2.23. The summed E-state index contributed by atoms with van der Waals surface area (Å²) in [4.78, 5) is 12.1. The number of carbonyl (C=O) groups excluding carboxylic acids is 1. The molecule has 0 heterocycles. The number of rotatable bonds is 5. The third-order valence-electron chi connectivity index (χ3n) is 2.91. The Morgan fingerprint density at radius 1 is 1.24 bits per heavy atom. The summed E-state index contributed by atoms with van der Waals surface area (Å²) in [5.74, 6) is -1.06. The molecule has 0 aliphatic carbocycles. The number of esters is 1. The van der Waals surface area contributed by atoms with Crippen molar-refractivity contribution >= 4 is 23.3 Å². The van der Waals surface area contributed by atoms with Crippen LogP contribution in [0.4, 0.5) is 10.1 Å². The van der Waals surface area contributed by atoms with Gasteiger partial charge in [0.05, 0.1) is 17.3 Å². The highest BCUT2D eigenvalue weighted by atomic mass is 35.5. The lowest BCUT2D eigenvalue weighted by molar-refractivity contribution is -0.144. The van der Waals surface area contributed by atoms with Crippen LogP contribution in [0.3, 0.4) is 0 Å². The Hall–Kier alpha value is -2.07. The fraction of sp³-hybridized carbons (Fsp3) is 0.188. The van der Waals surface area contributed by atoms with E-state index in [9.17, 15) is 9.18 Å². The highest BCUT2D eigenvalue weighted by molar-refractivity contribution is 6.31. The van der Waals surface area contributed by atoms with Crippen molar-refractivity contribution < 1.29 is 13.9 Å². The van der Waals surface area contributed by atoms with E-state index in [1.165, 1.54) is 12.1 Å². The first-order valence-corrected chi connectivity index (χ1v) is 6.93. The van der Waals surface area contributed by atoms with E-state index in [-0.39, 0.29) is 17.3 Å². The summed E-state index contributed by atoms with van der Waals surface area (Å²) in [6.07, 6.45) is 0. The fourth-order valence-corrected chi connectivity index (χ4v) is 2.09. The van der Waals surface area contributed by atoms with E-state index in [2.05, 4.69) is 5.32 Å². The molecular formula is C16H15ClFNO2. The van der Waals surface area contributed by atoms with Gasteiger partial charge in [0.15, 0.2) is 11.9 Å². The molecule has 0 aliphatic rings. The van der Waals surface area contributed by atoms with Crippen molar-refractivity contribution in [2.75, 3.05) is 11.9 Å². The van der Waals surface area contributed by atoms with Crippen molar-refractivity contribution in [3.63, 3.8) is 0 Å². The fourth-order valence-electron chi connectivity index (χ4n) is 1.92. The SMILES string of the molecule is CCOC(=O)C(Nc1cccc(Cl)c1F)c1ccccc1. The van der Waals surface area contributed by atoms with Gasteiger partial charge in [0, 0.05) is 0 Å². The van der Waals surface area contributed by atoms with Crippen LogP contribution in [0.5, 0.6) is 0 Å². The number of hydrogen-bond donors (Lipinski definition) is 1. The summed E-state index contributed by atoms with van der Waals surface area (Å²) in [7, 11) is 0. The van der Waals surface area contributed by atoms with Gasteiger partial charge < -0.3 is 10.1 Å². The highest BCUT2D eigenvalue weighted by Gasteiger charge is 2.23. The van der Waals surface area contributed by atoms with Crippen LogP contribution in [0.1, 0.15) is 18.5 Å². The molecule has 0 aromatic heterocycles. The molecule has 2 rings (SSSR count). The molecule has 2 aromatic rings. The van der Waals surface area contributed by atoms with Crippen LogP contribution in [-0.4, -0.2) is 12.6 Å². The molecule has 5 heteroatoms. The van der Waals surface area contributed by atoms with Crippen molar-refractivity contribution in [2.45, 2.75) is 13.0 Å². The summed E-state index contributed by atoms with van der Waals surface area (Å²) in [6, 6.07) is 12.8. The summed E-state index contributed by atoms with van der Waals surface area (Å²) < 4.78 is 19.0. The van der Waals surface area contributed by atoms with E-state index in [4.69, 9.17) is 16.3 Å². The standard InChI is InChI=1S/C16H15ClFNO2/c1-2-21-16(20)15(11-7-4-3-5-8-11)19-13-10-6-9-12(17)14(13)18/h3-10,15,19H,2H2,1H3. The number of nitrogens with one attached hydrogen (secondary N) is 1. The second-order valence-corrected chi connectivity index (χ2v) is 4.75. The Morgan fingerprint density at radius 3 is 2.62 bits per heavy atom. The maximum absolute atomic E-state index is 14.0. The van der Waals surface area contributed by atoms with Crippen molar-refractivity contribution in [1.82, 2.24) is 0 Å². The average Bonchev–Trinajstić information content (AvgIpc) is 2.50. The van der Waals surface area contributed by atoms with E-state index in [0.717, 1.165) is 0 Å². The Balaban J connectivity index is 2.32. The van der Waals surface area contributed by atoms with Crippen molar-refractivity contribution in [2.24, 2.45) is 0 Å². The summed E-state index contributed by atoms with van der Waals surface area (Å²) in [5, 5.41) is 2.85. The molecule has 1 N–H and O–H groups in total. The van der Waals surface area contributed by atoms with E-state index in [1.807, 2.05) is 6.07 Å². The van der Waals surface area contributed by atoms with Crippen LogP contribution < -0.4 is 5.32 Å². The van der Waals surface area contributed by atoms with Crippen LogP contribution in [0.2, 0.25) is 5.02 Å². The Bertz CT molecular complexity index is 619. The number of carbonyl (C=O) groups is 1. The maximum atomic E-state index is 14.0. The number of hydrogen-bond acceptors (Lipinski definition) is 3. The molecule has 110 valence electrons. The lowest BCUT2D eigenvalue weighted by Gasteiger charge is -2.19. The van der Waals surface area contributed by atoms with Gasteiger partial charge in [0.25, 0.3) is 0 Å². The molecule has 0 amide bonds. The Morgan fingerprint density at radius 2 is 1.95 bits per heavy atom. The first-order chi connectivity index (χ1) is 10.1. The molecule has 0 radical (unpaired) electrons. The average molecular weight is 308 g/mol. The van der Waals surface area contributed by atoms with E-state index >= 15 is 0 Å². The molecule has 0 saturated carbocycles. The molecule has 0 spiro atoms.